The molecule has 2 heterocycles. The highest BCUT2D eigenvalue weighted by Gasteiger charge is 2.45. The van der Waals surface area contributed by atoms with Gasteiger partial charge in [0, 0.05) is 16.9 Å². The van der Waals surface area contributed by atoms with Crippen molar-refractivity contribution in [2.45, 2.75) is 25.8 Å². The first kappa shape index (κ1) is 23.3. The fraction of sp³-hybridized carbons (Fsp3) is 0.167. The number of ether oxygens (including phenoxy) is 1. The molecule has 1 aliphatic rings. The largest absolute Gasteiger partial charge is 0.497 e. The van der Waals surface area contributed by atoms with Gasteiger partial charge in [0.15, 0.2) is 0 Å². The molecule has 0 bridgehead atoms. The zero-order valence-corrected chi connectivity index (χ0v) is 20.4. The van der Waals surface area contributed by atoms with Gasteiger partial charge >= 0.3 is 0 Å². The number of carbonyl (C=O) groups excluding carboxylic acids is 2. The van der Waals surface area contributed by atoms with Crippen LogP contribution < -0.4 is 15.0 Å². The lowest BCUT2D eigenvalue weighted by atomic mass is 9.78. The van der Waals surface area contributed by atoms with E-state index in [0.29, 0.717) is 22.7 Å². The third-order valence-corrected chi connectivity index (χ3v) is 6.46. The molecule has 3 aromatic carbocycles. The second kappa shape index (κ2) is 9.66. The van der Waals surface area contributed by atoms with Crippen LogP contribution in [0.15, 0.2) is 91.0 Å². The number of methoxy groups -OCH3 is 1. The van der Waals surface area contributed by atoms with Crippen LogP contribution in [0.25, 0.3) is 0 Å². The van der Waals surface area contributed by atoms with Crippen LogP contribution in [0.1, 0.15) is 44.7 Å². The quantitative estimate of drug-likeness (QED) is 0.393. The first-order valence-corrected chi connectivity index (χ1v) is 11.8. The number of rotatable bonds is 5. The highest BCUT2D eigenvalue weighted by molar-refractivity contribution is 6.12. The molecule has 180 valence electrons. The molecular weight excluding hydrogens is 450 g/mol. The van der Waals surface area contributed by atoms with Gasteiger partial charge in [-0.25, -0.2) is 4.98 Å². The molecule has 0 saturated heterocycles. The Morgan fingerprint density at radius 2 is 1.61 bits per heavy atom. The number of benzene rings is 3. The summed E-state index contributed by atoms with van der Waals surface area (Å²) in [7, 11) is 1.61. The number of aryl methyl sites for hydroxylation is 2. The molecule has 4 aromatic rings. The highest BCUT2D eigenvalue weighted by Crippen LogP contribution is 2.45. The summed E-state index contributed by atoms with van der Waals surface area (Å²) in [5.74, 6) is 0.148. The summed E-state index contributed by atoms with van der Waals surface area (Å²) in [6.07, 6.45) is 0. The molecule has 5 rings (SSSR count). The maximum atomic E-state index is 14.0. The summed E-state index contributed by atoms with van der Waals surface area (Å²) in [6, 6.07) is 27.6. The maximum Gasteiger partial charge on any atom is 0.259 e. The molecule has 1 N–H and O–H groups in total. The molecule has 0 spiro atoms. The van der Waals surface area contributed by atoms with Crippen LogP contribution in [0.4, 0.5) is 11.5 Å². The number of aromatic nitrogens is 1. The highest BCUT2D eigenvalue weighted by atomic mass is 16.5. The Hall–Kier alpha value is -4.45. The van der Waals surface area contributed by atoms with Crippen molar-refractivity contribution in [1.82, 2.24) is 4.98 Å². The molecule has 36 heavy (non-hydrogen) atoms. The summed E-state index contributed by atoms with van der Waals surface area (Å²) < 4.78 is 5.35. The van der Waals surface area contributed by atoms with E-state index in [9.17, 15) is 9.59 Å². The predicted molar refractivity (Wildman–Crippen MR) is 141 cm³/mol. The van der Waals surface area contributed by atoms with Gasteiger partial charge in [-0.05, 0) is 73.0 Å². The number of amides is 2. The van der Waals surface area contributed by atoms with E-state index < -0.39 is 12.0 Å². The molecule has 0 aliphatic carbocycles. The van der Waals surface area contributed by atoms with Gasteiger partial charge in [0.1, 0.15) is 11.6 Å². The number of hydrogen-bond acceptors (Lipinski definition) is 4. The van der Waals surface area contributed by atoms with Gasteiger partial charge in [0.05, 0.1) is 19.1 Å². The van der Waals surface area contributed by atoms with Gasteiger partial charge in [0.25, 0.3) is 5.91 Å². The third-order valence-electron chi connectivity index (χ3n) is 6.46. The van der Waals surface area contributed by atoms with Crippen LogP contribution in [-0.2, 0) is 4.79 Å². The van der Waals surface area contributed by atoms with E-state index in [2.05, 4.69) is 10.3 Å². The molecular formula is C30H27N3O3. The van der Waals surface area contributed by atoms with Gasteiger partial charge in [0.2, 0.25) is 5.91 Å². The summed E-state index contributed by atoms with van der Waals surface area (Å²) in [4.78, 5) is 34.2. The summed E-state index contributed by atoms with van der Waals surface area (Å²) in [5.41, 5.74) is 4.59. The summed E-state index contributed by atoms with van der Waals surface area (Å²) in [6.45, 7) is 3.87. The average molecular weight is 478 g/mol. The van der Waals surface area contributed by atoms with Gasteiger partial charge in [-0.3, -0.25) is 14.5 Å². The van der Waals surface area contributed by atoms with Crippen LogP contribution >= 0.6 is 0 Å². The van der Waals surface area contributed by atoms with E-state index in [-0.39, 0.29) is 11.8 Å². The molecule has 2 amide bonds. The van der Waals surface area contributed by atoms with E-state index in [4.69, 9.17) is 4.74 Å². The molecule has 2 atom stereocenters. The second-order valence-electron chi connectivity index (χ2n) is 8.95. The minimum absolute atomic E-state index is 0.147. The van der Waals surface area contributed by atoms with E-state index >= 15 is 0 Å². The number of nitrogens with one attached hydrogen (secondary N) is 1. The number of para-hydroxylation sites is 1. The van der Waals surface area contributed by atoms with Crippen molar-refractivity contribution < 1.29 is 14.3 Å². The Morgan fingerprint density at radius 3 is 2.31 bits per heavy atom. The number of anilines is 2. The van der Waals surface area contributed by atoms with Crippen LogP contribution in [0.5, 0.6) is 5.75 Å². The van der Waals surface area contributed by atoms with E-state index in [0.717, 1.165) is 22.5 Å². The van der Waals surface area contributed by atoms with E-state index in [1.165, 1.54) is 0 Å². The summed E-state index contributed by atoms with van der Waals surface area (Å²) >= 11 is 0. The Balaban J connectivity index is 1.68. The van der Waals surface area contributed by atoms with Crippen molar-refractivity contribution in [3.05, 3.63) is 119 Å². The SMILES string of the molecule is COc1ccc([C@H]2[C@H](C(=O)Nc3cc(C)cc(C)n3)c3ccccc3C(=O)N2c2ccccc2)cc1. The Kier molecular flexibility index (Phi) is 6.25. The zero-order valence-electron chi connectivity index (χ0n) is 20.4. The standard InChI is InChI=1S/C30H27N3O3/c1-19-17-20(2)31-26(18-19)32-29(34)27-24-11-7-8-12-25(24)30(35)33(22-9-5-4-6-10-22)28(27)21-13-15-23(36-3)16-14-21/h4-18,27-28H,1-3H3,(H,31,32,34)/t27-,28+/m1/s1. The topological polar surface area (TPSA) is 71.5 Å². The lowest BCUT2D eigenvalue weighted by molar-refractivity contribution is -0.118. The van der Waals surface area contributed by atoms with Crippen molar-refractivity contribution in [3.63, 3.8) is 0 Å². The molecule has 0 saturated carbocycles. The number of fused-ring (bicyclic) bond motifs is 1. The van der Waals surface area contributed by atoms with Gasteiger partial charge in [-0.2, -0.15) is 0 Å². The second-order valence-corrected chi connectivity index (χ2v) is 8.95. The Bertz CT molecular complexity index is 1400. The molecule has 1 aromatic heterocycles. The van der Waals surface area contributed by atoms with Crippen molar-refractivity contribution >= 4 is 23.3 Å². The number of carbonyl (C=O) groups is 2. The number of nitrogens with zero attached hydrogens (tertiary/aromatic N) is 2. The first-order valence-electron chi connectivity index (χ1n) is 11.8. The number of pyridine rings is 1. The average Bonchev–Trinajstić information content (AvgIpc) is 2.88. The Labute approximate surface area is 210 Å². The van der Waals surface area contributed by atoms with Crippen molar-refractivity contribution in [3.8, 4) is 5.75 Å². The van der Waals surface area contributed by atoms with E-state index in [1.54, 1.807) is 18.1 Å². The van der Waals surface area contributed by atoms with Crippen LogP contribution in [0.2, 0.25) is 0 Å². The predicted octanol–water partition coefficient (Wildman–Crippen LogP) is 5.83. The molecule has 0 fully saturated rings. The van der Waals surface area contributed by atoms with Crippen LogP contribution in [-0.4, -0.2) is 23.9 Å². The number of hydrogen-bond donors (Lipinski definition) is 1. The first-order chi connectivity index (χ1) is 17.5. The lowest BCUT2D eigenvalue weighted by Gasteiger charge is -2.41. The summed E-state index contributed by atoms with van der Waals surface area (Å²) in [5, 5.41) is 3.03. The van der Waals surface area contributed by atoms with E-state index in [1.807, 2.05) is 98.8 Å². The minimum atomic E-state index is -0.671. The minimum Gasteiger partial charge on any atom is -0.497 e. The fourth-order valence-electron chi connectivity index (χ4n) is 4.94. The molecule has 1 aliphatic heterocycles. The zero-order chi connectivity index (χ0) is 25.2. The monoisotopic (exact) mass is 477 g/mol. The van der Waals surface area contributed by atoms with Crippen LogP contribution in [0.3, 0.4) is 0 Å². The molecule has 0 unspecified atom stereocenters. The third kappa shape index (κ3) is 4.33. The van der Waals surface area contributed by atoms with Crippen molar-refractivity contribution in [2.75, 3.05) is 17.3 Å². The molecule has 6 heteroatoms. The van der Waals surface area contributed by atoms with Gasteiger partial charge in [-0.1, -0.05) is 48.5 Å². The van der Waals surface area contributed by atoms with Gasteiger partial charge in [-0.15, -0.1) is 0 Å². The van der Waals surface area contributed by atoms with Crippen molar-refractivity contribution in [2.24, 2.45) is 0 Å². The van der Waals surface area contributed by atoms with Gasteiger partial charge < -0.3 is 10.1 Å². The Morgan fingerprint density at radius 1 is 0.917 bits per heavy atom. The smallest absolute Gasteiger partial charge is 0.259 e. The normalized spacial score (nSPS) is 16.9. The van der Waals surface area contributed by atoms with Crippen molar-refractivity contribution in [1.29, 1.82) is 0 Å². The fourth-order valence-corrected chi connectivity index (χ4v) is 4.94. The van der Waals surface area contributed by atoms with Crippen LogP contribution in [0, 0.1) is 13.8 Å². The molecule has 6 nitrogen and oxygen atoms in total. The maximum absolute atomic E-state index is 14.0. The molecule has 0 radical (unpaired) electrons. The lowest BCUT2D eigenvalue weighted by Crippen LogP contribution is -2.46.